The van der Waals surface area contributed by atoms with E-state index in [-0.39, 0.29) is 5.82 Å². The van der Waals surface area contributed by atoms with Crippen LogP contribution in [-0.4, -0.2) is 13.5 Å². The van der Waals surface area contributed by atoms with Crippen molar-refractivity contribution in [2.75, 3.05) is 12.1 Å². The highest BCUT2D eigenvalue weighted by Gasteiger charge is 2.27. The van der Waals surface area contributed by atoms with Crippen LogP contribution in [0.1, 0.15) is 35.4 Å². The number of carbonyl (C=O) groups excluding carboxylic acids is 1. The summed E-state index contributed by atoms with van der Waals surface area (Å²) < 4.78 is 13.7. The van der Waals surface area contributed by atoms with E-state index in [0.29, 0.717) is 12.3 Å². The second-order valence-electron chi connectivity index (χ2n) is 6.18. The van der Waals surface area contributed by atoms with Gasteiger partial charge in [0.25, 0.3) is 0 Å². The van der Waals surface area contributed by atoms with E-state index in [2.05, 4.69) is 18.0 Å². The van der Waals surface area contributed by atoms with Gasteiger partial charge in [-0.15, -0.1) is 11.8 Å². The molecule has 1 aliphatic carbocycles. The highest BCUT2D eigenvalue weighted by molar-refractivity contribution is 7.98. The molecule has 0 heterocycles. The van der Waals surface area contributed by atoms with Crippen LogP contribution in [0.5, 0.6) is 0 Å². The van der Waals surface area contributed by atoms with Gasteiger partial charge in [-0.25, -0.2) is 16.1 Å². The molecular weight excluding hydrogens is 351 g/mol. The molecule has 0 aromatic heterocycles. The lowest BCUT2D eigenvalue weighted by Crippen LogP contribution is -2.25. The zero-order valence-electron chi connectivity index (χ0n) is 15.0. The van der Waals surface area contributed by atoms with Gasteiger partial charge in [0.15, 0.2) is 0 Å². The third-order valence-corrected chi connectivity index (χ3v) is 5.43. The maximum Gasteiger partial charge on any atom is 0.221 e. The maximum absolute atomic E-state index is 13.7. The predicted molar refractivity (Wildman–Crippen MR) is 105 cm³/mol. The van der Waals surface area contributed by atoms with Crippen molar-refractivity contribution in [3.63, 3.8) is 0 Å². The quantitative estimate of drug-likeness (QED) is 0.237. The normalized spacial score (nSPS) is 12.8. The summed E-state index contributed by atoms with van der Waals surface area (Å²) in [5.74, 6) is 11.7. The molecule has 1 saturated carbocycles. The molecule has 0 unspecified atom stereocenters. The Balaban J connectivity index is 0.000000552. The van der Waals surface area contributed by atoms with Crippen molar-refractivity contribution >= 4 is 23.9 Å². The number of amides is 1. The van der Waals surface area contributed by atoms with Gasteiger partial charge in [-0.1, -0.05) is 24.3 Å². The van der Waals surface area contributed by atoms with Gasteiger partial charge in [-0.05, 0) is 54.5 Å². The Morgan fingerprint density at radius 3 is 2.54 bits per heavy atom. The van der Waals surface area contributed by atoms with Crippen LogP contribution in [0.3, 0.4) is 0 Å². The van der Waals surface area contributed by atoms with E-state index in [1.165, 1.54) is 29.4 Å². The smallest absolute Gasteiger partial charge is 0.221 e. The Morgan fingerprint density at radius 2 is 1.96 bits per heavy atom. The monoisotopic (exact) mass is 376 g/mol. The maximum atomic E-state index is 13.7. The third kappa shape index (κ3) is 5.20. The van der Waals surface area contributed by atoms with E-state index in [1.54, 1.807) is 28.3 Å². The van der Waals surface area contributed by atoms with Gasteiger partial charge in [0.1, 0.15) is 5.82 Å². The SMILES string of the molecule is Cc1c(F)cccc1CSc1c(C2CC2)cccc1N(C)N.NNC=O. The van der Waals surface area contributed by atoms with Crippen LogP contribution in [-0.2, 0) is 10.5 Å². The molecule has 0 radical (unpaired) electrons. The highest BCUT2D eigenvalue weighted by atomic mass is 32.2. The number of benzene rings is 2. The fourth-order valence-electron chi connectivity index (χ4n) is 2.65. The van der Waals surface area contributed by atoms with Crippen LogP contribution in [0.4, 0.5) is 10.1 Å². The summed E-state index contributed by atoms with van der Waals surface area (Å²) in [6.45, 7) is 1.84. The Hall–Kier alpha value is -2.09. The molecule has 0 bridgehead atoms. The van der Waals surface area contributed by atoms with E-state index < -0.39 is 0 Å². The van der Waals surface area contributed by atoms with E-state index in [9.17, 15) is 4.39 Å². The molecule has 26 heavy (non-hydrogen) atoms. The molecule has 5 nitrogen and oxygen atoms in total. The van der Waals surface area contributed by atoms with Gasteiger partial charge in [-0.2, -0.15) is 0 Å². The number of nitrogens with two attached hydrogens (primary N) is 2. The number of nitrogens with one attached hydrogen (secondary N) is 1. The number of anilines is 1. The van der Waals surface area contributed by atoms with Gasteiger partial charge in [0.2, 0.25) is 6.41 Å². The molecule has 7 heteroatoms. The summed E-state index contributed by atoms with van der Waals surface area (Å²) in [7, 11) is 1.86. The number of hydrogen-bond donors (Lipinski definition) is 3. The summed E-state index contributed by atoms with van der Waals surface area (Å²) in [5.41, 5.74) is 5.96. The lowest BCUT2D eigenvalue weighted by Gasteiger charge is -2.20. The molecule has 1 fully saturated rings. The number of halogens is 1. The molecule has 1 amide bonds. The first kappa shape index (κ1) is 20.2. The van der Waals surface area contributed by atoms with Crippen molar-refractivity contribution in [1.29, 1.82) is 0 Å². The fourth-order valence-corrected chi connectivity index (χ4v) is 4.03. The first-order valence-corrected chi connectivity index (χ1v) is 9.36. The van der Waals surface area contributed by atoms with Crippen molar-refractivity contribution in [2.45, 2.75) is 36.3 Å². The first-order valence-electron chi connectivity index (χ1n) is 8.37. The summed E-state index contributed by atoms with van der Waals surface area (Å²) in [4.78, 5) is 10.2. The van der Waals surface area contributed by atoms with Gasteiger partial charge in [-0.3, -0.25) is 10.2 Å². The minimum Gasteiger partial charge on any atom is -0.313 e. The van der Waals surface area contributed by atoms with Gasteiger partial charge >= 0.3 is 0 Å². The van der Waals surface area contributed by atoms with Gasteiger partial charge in [0.05, 0.1) is 5.69 Å². The predicted octanol–water partition coefficient (Wildman–Crippen LogP) is 3.22. The molecular formula is C19H25FN4OS. The summed E-state index contributed by atoms with van der Waals surface area (Å²) in [5, 5.41) is 1.67. The Labute approximate surface area is 157 Å². The number of hydrazine groups is 2. The molecule has 0 spiro atoms. The van der Waals surface area contributed by atoms with Crippen LogP contribution in [0.15, 0.2) is 41.3 Å². The molecule has 5 N–H and O–H groups in total. The minimum absolute atomic E-state index is 0.134. The van der Waals surface area contributed by atoms with Crippen molar-refractivity contribution < 1.29 is 9.18 Å². The molecule has 2 aromatic carbocycles. The van der Waals surface area contributed by atoms with Crippen LogP contribution >= 0.6 is 11.8 Å². The Morgan fingerprint density at radius 1 is 1.31 bits per heavy atom. The lowest BCUT2D eigenvalue weighted by molar-refractivity contribution is -0.109. The van der Waals surface area contributed by atoms with E-state index >= 15 is 0 Å². The minimum atomic E-state index is -0.134. The van der Waals surface area contributed by atoms with Crippen molar-refractivity contribution in [1.82, 2.24) is 5.43 Å². The standard InChI is InChI=1S/C18H21FN2S.CH4N2O/c1-12-14(5-3-7-16(12)19)11-22-18-15(13-9-10-13)6-4-8-17(18)21(2)20;2-3-1-4/h3-8,13H,9-11,20H2,1-2H3;1H,2H2,(H,3,4). The third-order valence-electron chi connectivity index (χ3n) is 4.24. The average molecular weight is 377 g/mol. The number of carbonyl (C=O) groups is 1. The van der Waals surface area contributed by atoms with Gasteiger partial charge in [0, 0.05) is 17.7 Å². The Kier molecular flexibility index (Phi) is 7.44. The van der Waals surface area contributed by atoms with Crippen LogP contribution in [0.25, 0.3) is 0 Å². The summed E-state index contributed by atoms with van der Waals surface area (Å²) in [6.07, 6.45) is 2.91. The second kappa shape index (κ2) is 9.56. The molecule has 0 aliphatic heterocycles. The number of hydrogen-bond acceptors (Lipinski definition) is 5. The van der Waals surface area contributed by atoms with Crippen LogP contribution < -0.4 is 22.1 Å². The molecule has 0 atom stereocenters. The largest absolute Gasteiger partial charge is 0.313 e. The Bertz CT molecular complexity index is 730. The fraction of sp³-hybridized carbons (Fsp3) is 0.316. The molecule has 2 aromatic rings. The first-order chi connectivity index (χ1) is 12.5. The van der Waals surface area contributed by atoms with E-state index in [4.69, 9.17) is 10.6 Å². The van der Waals surface area contributed by atoms with Crippen molar-refractivity contribution in [2.24, 2.45) is 11.7 Å². The van der Waals surface area contributed by atoms with E-state index in [1.807, 2.05) is 26.1 Å². The summed E-state index contributed by atoms with van der Waals surface area (Å²) in [6, 6.07) is 11.6. The van der Waals surface area contributed by atoms with Crippen molar-refractivity contribution in [3.05, 3.63) is 58.9 Å². The lowest BCUT2D eigenvalue weighted by atomic mass is 10.1. The second-order valence-corrected chi connectivity index (χ2v) is 7.16. The van der Waals surface area contributed by atoms with Crippen LogP contribution in [0.2, 0.25) is 0 Å². The highest BCUT2D eigenvalue weighted by Crippen LogP contribution is 2.47. The zero-order chi connectivity index (χ0) is 19.1. The molecule has 140 valence electrons. The zero-order valence-corrected chi connectivity index (χ0v) is 15.9. The van der Waals surface area contributed by atoms with Crippen LogP contribution in [0, 0.1) is 12.7 Å². The molecule has 1 aliphatic rings. The van der Waals surface area contributed by atoms with Crippen molar-refractivity contribution in [3.8, 4) is 0 Å². The number of nitrogens with zero attached hydrogens (tertiary/aromatic N) is 1. The number of thioether (sulfide) groups is 1. The summed E-state index contributed by atoms with van der Waals surface area (Å²) >= 11 is 1.76. The van der Waals surface area contributed by atoms with E-state index in [0.717, 1.165) is 22.6 Å². The average Bonchev–Trinajstić information content (AvgIpc) is 3.48. The van der Waals surface area contributed by atoms with Gasteiger partial charge < -0.3 is 5.01 Å². The molecule has 0 saturated heterocycles. The number of rotatable bonds is 6. The topological polar surface area (TPSA) is 84.4 Å². The molecule has 3 rings (SSSR count).